The lowest BCUT2D eigenvalue weighted by Crippen LogP contribution is -2.51. The van der Waals surface area contributed by atoms with E-state index in [2.05, 4.69) is 15.3 Å². The van der Waals surface area contributed by atoms with Crippen molar-refractivity contribution in [3.8, 4) is 0 Å². The monoisotopic (exact) mass is 346 g/mol. The maximum absolute atomic E-state index is 13.5. The number of nitrogens with two attached hydrogens (primary N) is 1. The highest BCUT2D eigenvalue weighted by atomic mass is 19.4. The second-order valence-corrected chi connectivity index (χ2v) is 6.62. The van der Waals surface area contributed by atoms with Gasteiger partial charge in [-0.2, -0.15) is 13.2 Å². The van der Waals surface area contributed by atoms with Gasteiger partial charge in [-0.3, -0.25) is 0 Å². The lowest BCUT2D eigenvalue weighted by Gasteiger charge is -2.26. The first kappa shape index (κ1) is 16.0. The number of hydrogen-bond donors (Lipinski definition) is 3. The molecule has 1 aromatic heterocycles. The normalized spacial score (nSPS) is 25.9. The fourth-order valence-corrected chi connectivity index (χ4v) is 3.41. The first-order valence-corrected chi connectivity index (χ1v) is 7.96. The molecular formula is C18H17F3N4. The minimum Gasteiger partial charge on any atom is -0.348 e. The summed E-state index contributed by atoms with van der Waals surface area (Å²) >= 11 is 0. The molecule has 1 saturated carbocycles. The van der Waals surface area contributed by atoms with E-state index in [4.69, 9.17) is 5.73 Å². The largest absolute Gasteiger partial charge is 0.408 e. The van der Waals surface area contributed by atoms with Crippen molar-refractivity contribution in [1.82, 2.24) is 9.97 Å². The maximum Gasteiger partial charge on any atom is 0.408 e. The Morgan fingerprint density at radius 3 is 2.40 bits per heavy atom. The van der Waals surface area contributed by atoms with Crippen LogP contribution in [0.1, 0.15) is 12.0 Å². The number of imidazole rings is 1. The van der Waals surface area contributed by atoms with Gasteiger partial charge in [-0.15, -0.1) is 0 Å². The molecular weight excluding hydrogens is 329 g/mol. The van der Waals surface area contributed by atoms with Crippen LogP contribution >= 0.6 is 0 Å². The van der Waals surface area contributed by atoms with Crippen LogP contribution in [0, 0.1) is 0 Å². The van der Waals surface area contributed by atoms with Crippen molar-refractivity contribution < 1.29 is 13.2 Å². The van der Waals surface area contributed by atoms with Gasteiger partial charge in [0.2, 0.25) is 5.95 Å². The summed E-state index contributed by atoms with van der Waals surface area (Å²) in [6, 6.07) is 16.3. The van der Waals surface area contributed by atoms with Gasteiger partial charge in [0.05, 0.1) is 16.6 Å². The number of anilines is 1. The molecule has 25 heavy (non-hydrogen) atoms. The van der Waals surface area contributed by atoms with Crippen molar-refractivity contribution in [2.45, 2.75) is 30.1 Å². The average molecular weight is 346 g/mol. The quantitative estimate of drug-likeness (QED) is 0.676. The van der Waals surface area contributed by atoms with Gasteiger partial charge in [-0.05, 0) is 24.1 Å². The Morgan fingerprint density at radius 1 is 1.08 bits per heavy atom. The molecule has 7 heteroatoms. The SMILES string of the molecule is NC1(C(F)(F)F)CC1(Cc1ccccc1)Nc1nc2ccccc2[nH]1. The molecule has 4 rings (SSSR count). The molecule has 0 radical (unpaired) electrons. The van der Waals surface area contributed by atoms with Crippen LogP contribution in [0.4, 0.5) is 19.1 Å². The third-order valence-corrected chi connectivity index (χ3v) is 4.91. The summed E-state index contributed by atoms with van der Waals surface area (Å²) in [5.74, 6) is 0.300. The van der Waals surface area contributed by atoms with Gasteiger partial charge in [-0.1, -0.05) is 42.5 Å². The van der Waals surface area contributed by atoms with Gasteiger partial charge in [0.25, 0.3) is 0 Å². The maximum atomic E-state index is 13.5. The smallest absolute Gasteiger partial charge is 0.348 e. The highest BCUT2D eigenvalue weighted by Crippen LogP contribution is 2.58. The fraction of sp³-hybridized carbons (Fsp3) is 0.278. The zero-order valence-corrected chi connectivity index (χ0v) is 13.3. The van der Waals surface area contributed by atoms with Gasteiger partial charge in [0.1, 0.15) is 5.54 Å². The molecule has 1 aliphatic rings. The van der Waals surface area contributed by atoms with Crippen molar-refractivity contribution in [3.63, 3.8) is 0 Å². The van der Waals surface area contributed by atoms with E-state index in [-0.39, 0.29) is 12.8 Å². The summed E-state index contributed by atoms with van der Waals surface area (Å²) in [7, 11) is 0. The zero-order chi connectivity index (χ0) is 17.7. The van der Waals surface area contributed by atoms with Crippen LogP contribution in [-0.4, -0.2) is 27.2 Å². The lowest BCUT2D eigenvalue weighted by atomic mass is 9.99. The molecule has 2 atom stereocenters. The van der Waals surface area contributed by atoms with E-state index in [0.717, 1.165) is 11.1 Å². The van der Waals surface area contributed by atoms with E-state index in [0.29, 0.717) is 11.5 Å². The van der Waals surface area contributed by atoms with Crippen molar-refractivity contribution in [3.05, 3.63) is 60.2 Å². The van der Waals surface area contributed by atoms with Gasteiger partial charge < -0.3 is 16.0 Å². The van der Waals surface area contributed by atoms with E-state index in [1.54, 1.807) is 30.3 Å². The van der Waals surface area contributed by atoms with Gasteiger partial charge in [0, 0.05) is 6.42 Å². The molecule has 2 unspecified atom stereocenters. The topological polar surface area (TPSA) is 66.7 Å². The fourth-order valence-electron chi connectivity index (χ4n) is 3.41. The lowest BCUT2D eigenvalue weighted by molar-refractivity contribution is -0.161. The molecule has 0 saturated heterocycles. The van der Waals surface area contributed by atoms with E-state index in [1.165, 1.54) is 0 Å². The standard InChI is InChI=1S/C18H17F3N4/c19-18(20,21)17(22)11-16(17,10-12-6-2-1-3-7-12)25-15-23-13-8-4-5-9-14(13)24-15/h1-9H,10-11,22H2,(H2,23,24,25). The molecule has 1 fully saturated rings. The zero-order valence-electron chi connectivity index (χ0n) is 13.3. The molecule has 1 heterocycles. The van der Waals surface area contributed by atoms with Crippen molar-refractivity contribution in [2.24, 2.45) is 5.73 Å². The summed E-state index contributed by atoms with van der Waals surface area (Å²) in [5.41, 5.74) is 4.41. The van der Waals surface area contributed by atoms with Crippen molar-refractivity contribution in [1.29, 1.82) is 0 Å². The Labute approximate surface area is 142 Å². The van der Waals surface area contributed by atoms with E-state index < -0.39 is 17.3 Å². The average Bonchev–Trinajstić information content (AvgIpc) is 2.96. The van der Waals surface area contributed by atoms with Crippen LogP contribution < -0.4 is 11.1 Å². The van der Waals surface area contributed by atoms with Crippen LogP contribution in [0.3, 0.4) is 0 Å². The number of alkyl halides is 3. The first-order valence-electron chi connectivity index (χ1n) is 7.96. The van der Waals surface area contributed by atoms with Crippen LogP contribution in [0.5, 0.6) is 0 Å². The summed E-state index contributed by atoms with van der Waals surface area (Å²) < 4.78 is 40.6. The molecule has 0 bridgehead atoms. The number of nitrogens with zero attached hydrogens (tertiary/aromatic N) is 1. The van der Waals surface area contributed by atoms with Crippen LogP contribution in [0.2, 0.25) is 0 Å². The highest BCUT2D eigenvalue weighted by molar-refractivity contribution is 5.77. The number of fused-ring (bicyclic) bond motifs is 1. The van der Waals surface area contributed by atoms with Gasteiger partial charge >= 0.3 is 6.18 Å². The minimum atomic E-state index is -4.50. The molecule has 2 aromatic carbocycles. The van der Waals surface area contributed by atoms with Crippen LogP contribution in [0.25, 0.3) is 11.0 Å². The van der Waals surface area contributed by atoms with Crippen molar-refractivity contribution in [2.75, 3.05) is 5.32 Å². The Morgan fingerprint density at radius 2 is 1.76 bits per heavy atom. The first-order chi connectivity index (χ1) is 11.8. The predicted octanol–water partition coefficient (Wildman–Crippen LogP) is 3.62. The highest BCUT2D eigenvalue weighted by Gasteiger charge is 2.78. The van der Waals surface area contributed by atoms with E-state index in [9.17, 15) is 13.2 Å². The molecule has 4 nitrogen and oxygen atoms in total. The number of nitrogens with one attached hydrogen (secondary N) is 2. The Kier molecular flexibility index (Phi) is 3.34. The Balaban J connectivity index is 1.69. The molecule has 4 N–H and O–H groups in total. The number of benzene rings is 2. The number of halogens is 3. The van der Waals surface area contributed by atoms with Gasteiger partial charge in [0.15, 0.2) is 0 Å². The number of aromatic amines is 1. The van der Waals surface area contributed by atoms with Crippen molar-refractivity contribution >= 4 is 17.0 Å². The number of rotatable bonds is 4. The molecule has 130 valence electrons. The molecule has 1 aliphatic carbocycles. The second-order valence-electron chi connectivity index (χ2n) is 6.62. The minimum absolute atomic E-state index is 0.168. The summed E-state index contributed by atoms with van der Waals surface area (Å²) in [4.78, 5) is 7.36. The third-order valence-electron chi connectivity index (χ3n) is 4.91. The molecule has 0 aliphatic heterocycles. The Hall–Kier alpha value is -2.54. The summed E-state index contributed by atoms with van der Waals surface area (Å²) in [6.45, 7) is 0. The number of aromatic nitrogens is 2. The third kappa shape index (κ3) is 2.55. The van der Waals surface area contributed by atoms with E-state index in [1.807, 2.05) is 24.3 Å². The van der Waals surface area contributed by atoms with Crippen LogP contribution in [-0.2, 0) is 6.42 Å². The number of hydrogen-bond acceptors (Lipinski definition) is 3. The number of para-hydroxylation sites is 2. The van der Waals surface area contributed by atoms with Gasteiger partial charge in [-0.25, -0.2) is 4.98 Å². The Bertz CT molecular complexity index is 872. The summed E-state index contributed by atoms with van der Waals surface area (Å²) in [6.07, 6.45) is -4.53. The van der Waals surface area contributed by atoms with Crippen LogP contribution in [0.15, 0.2) is 54.6 Å². The number of H-pyrrole nitrogens is 1. The second kappa shape index (κ2) is 5.23. The summed E-state index contributed by atoms with van der Waals surface area (Å²) in [5, 5.41) is 2.95. The predicted molar refractivity (Wildman–Crippen MR) is 90.2 cm³/mol. The molecule has 0 amide bonds. The van der Waals surface area contributed by atoms with E-state index >= 15 is 0 Å². The molecule has 0 spiro atoms. The molecule has 3 aromatic rings.